The molecule has 5 rings (SSSR count). The van der Waals surface area contributed by atoms with Crippen LogP contribution in [0.1, 0.15) is 41.5 Å². The van der Waals surface area contributed by atoms with Gasteiger partial charge in [-0.2, -0.15) is 0 Å². The van der Waals surface area contributed by atoms with Crippen molar-refractivity contribution in [3.05, 3.63) is 64.7 Å². The lowest BCUT2D eigenvalue weighted by molar-refractivity contribution is -0.136. The molecule has 2 atom stereocenters. The van der Waals surface area contributed by atoms with Crippen molar-refractivity contribution in [2.75, 3.05) is 11.1 Å². The van der Waals surface area contributed by atoms with Crippen LogP contribution in [0.15, 0.2) is 42.5 Å². The molecule has 2 saturated heterocycles. The number of hydrogen-bond acceptors (Lipinski definition) is 3. The van der Waals surface area contributed by atoms with Crippen LogP contribution in [0.25, 0.3) is 0 Å². The monoisotopic (exact) mass is 392 g/mol. The van der Waals surface area contributed by atoms with Gasteiger partial charge in [0.05, 0.1) is 0 Å². The summed E-state index contributed by atoms with van der Waals surface area (Å²) in [5.74, 6) is 0.644. The van der Waals surface area contributed by atoms with E-state index in [1.54, 1.807) is 11.8 Å². The summed E-state index contributed by atoms with van der Waals surface area (Å²) in [6.07, 6.45) is 4.67. The fourth-order valence-corrected chi connectivity index (χ4v) is 6.48. The summed E-state index contributed by atoms with van der Waals surface area (Å²) in [5, 5.41) is 3.08. The van der Waals surface area contributed by atoms with Crippen LogP contribution in [0.5, 0.6) is 0 Å². The van der Waals surface area contributed by atoms with Crippen LogP contribution in [-0.2, 0) is 27.3 Å². The molecule has 1 aliphatic carbocycles. The zero-order valence-electron chi connectivity index (χ0n) is 16.0. The minimum absolute atomic E-state index is 0.0744. The van der Waals surface area contributed by atoms with E-state index in [4.69, 9.17) is 0 Å². The number of nitrogens with zero attached hydrogens (tertiary/aromatic N) is 1. The number of thioether (sulfide) groups is 1. The van der Waals surface area contributed by atoms with Crippen LogP contribution in [-0.4, -0.2) is 28.5 Å². The summed E-state index contributed by atoms with van der Waals surface area (Å²) in [4.78, 5) is 27.3. The van der Waals surface area contributed by atoms with E-state index in [-0.39, 0.29) is 11.8 Å². The number of carbonyl (C=O) groups is 2. The Kier molecular flexibility index (Phi) is 4.23. The highest BCUT2D eigenvalue weighted by Crippen LogP contribution is 2.54. The molecule has 0 spiro atoms. The second-order valence-electron chi connectivity index (χ2n) is 8.07. The highest BCUT2D eigenvalue weighted by atomic mass is 32.2. The fourth-order valence-electron chi connectivity index (χ4n) is 4.83. The van der Waals surface area contributed by atoms with E-state index in [2.05, 4.69) is 48.6 Å². The molecule has 2 amide bonds. The van der Waals surface area contributed by atoms with E-state index in [9.17, 15) is 9.59 Å². The number of carbonyl (C=O) groups excluding carboxylic acids is 2. The van der Waals surface area contributed by atoms with Gasteiger partial charge in [-0.3, -0.25) is 9.59 Å². The summed E-state index contributed by atoms with van der Waals surface area (Å²) >= 11 is 1.73. The van der Waals surface area contributed by atoms with Gasteiger partial charge in [0.2, 0.25) is 11.8 Å². The molecule has 2 fully saturated rings. The first-order valence-corrected chi connectivity index (χ1v) is 11.0. The zero-order chi connectivity index (χ0) is 19.3. The van der Waals surface area contributed by atoms with Gasteiger partial charge >= 0.3 is 0 Å². The minimum Gasteiger partial charge on any atom is -0.324 e. The van der Waals surface area contributed by atoms with Gasteiger partial charge in [-0.15, -0.1) is 11.8 Å². The molecule has 5 heteroatoms. The summed E-state index contributed by atoms with van der Waals surface area (Å²) in [6, 6.07) is 14.2. The molecule has 2 aromatic carbocycles. The maximum atomic E-state index is 13.1. The second kappa shape index (κ2) is 6.66. The number of benzene rings is 2. The standard InChI is InChI=1S/C23H24N2O2S/c1-15-5-8-18(9-6-15)23-12-11-21(26)25(23)20(14-28-23)22(27)24-19-10-7-16-3-2-4-17(16)13-19/h5-10,13,20H,2-4,11-12,14H2,1H3,(H,24,27)/t20-,23-/m1/s1. The fraction of sp³-hybridized carbons (Fsp3) is 0.391. The lowest BCUT2D eigenvalue weighted by atomic mass is 10.0. The second-order valence-corrected chi connectivity index (χ2v) is 9.36. The Bertz CT molecular complexity index is 956. The Balaban J connectivity index is 1.40. The van der Waals surface area contributed by atoms with E-state index in [1.807, 2.05) is 11.0 Å². The van der Waals surface area contributed by atoms with E-state index < -0.39 is 10.9 Å². The van der Waals surface area contributed by atoms with E-state index in [1.165, 1.54) is 23.1 Å². The molecular formula is C23H24N2O2S. The number of nitrogens with one attached hydrogen (secondary N) is 1. The average molecular weight is 393 g/mol. The summed E-state index contributed by atoms with van der Waals surface area (Å²) in [5.41, 5.74) is 5.90. The van der Waals surface area contributed by atoms with Gasteiger partial charge in [-0.25, -0.2) is 0 Å². The van der Waals surface area contributed by atoms with Crippen molar-refractivity contribution < 1.29 is 9.59 Å². The van der Waals surface area contributed by atoms with E-state index in [0.717, 1.165) is 30.5 Å². The summed E-state index contributed by atoms with van der Waals surface area (Å²) in [6.45, 7) is 2.06. The van der Waals surface area contributed by atoms with Crippen molar-refractivity contribution in [2.45, 2.75) is 49.9 Å². The van der Waals surface area contributed by atoms with Crippen LogP contribution >= 0.6 is 11.8 Å². The van der Waals surface area contributed by atoms with Crippen molar-refractivity contribution in [1.29, 1.82) is 0 Å². The Morgan fingerprint density at radius 3 is 2.71 bits per heavy atom. The maximum Gasteiger partial charge on any atom is 0.248 e. The number of fused-ring (bicyclic) bond motifs is 2. The Morgan fingerprint density at radius 2 is 1.89 bits per heavy atom. The molecule has 28 heavy (non-hydrogen) atoms. The van der Waals surface area contributed by atoms with Crippen LogP contribution in [0, 0.1) is 6.92 Å². The molecule has 0 aromatic heterocycles. The normalized spacial score (nSPS) is 25.7. The topological polar surface area (TPSA) is 49.4 Å². The predicted octanol–water partition coefficient (Wildman–Crippen LogP) is 4.01. The lowest BCUT2D eigenvalue weighted by Crippen LogP contribution is -2.48. The van der Waals surface area contributed by atoms with Gasteiger partial charge in [0.25, 0.3) is 0 Å². The molecule has 0 saturated carbocycles. The van der Waals surface area contributed by atoms with Crippen molar-refractivity contribution in [3.63, 3.8) is 0 Å². The highest BCUT2D eigenvalue weighted by molar-refractivity contribution is 8.00. The Morgan fingerprint density at radius 1 is 1.11 bits per heavy atom. The van der Waals surface area contributed by atoms with E-state index in [0.29, 0.717) is 12.2 Å². The first-order chi connectivity index (χ1) is 13.6. The van der Waals surface area contributed by atoms with Gasteiger partial charge in [0, 0.05) is 17.9 Å². The molecule has 2 heterocycles. The lowest BCUT2D eigenvalue weighted by Gasteiger charge is -2.34. The third kappa shape index (κ3) is 2.75. The zero-order valence-corrected chi connectivity index (χ0v) is 16.8. The molecule has 1 N–H and O–H groups in total. The summed E-state index contributed by atoms with van der Waals surface area (Å²) < 4.78 is 0. The van der Waals surface area contributed by atoms with Gasteiger partial charge < -0.3 is 10.2 Å². The van der Waals surface area contributed by atoms with Crippen molar-refractivity contribution in [1.82, 2.24) is 4.90 Å². The first-order valence-electron chi connectivity index (χ1n) is 10.0. The molecule has 0 radical (unpaired) electrons. The average Bonchev–Trinajstić information content (AvgIpc) is 3.38. The predicted molar refractivity (Wildman–Crippen MR) is 112 cm³/mol. The Labute approximate surface area is 169 Å². The van der Waals surface area contributed by atoms with E-state index >= 15 is 0 Å². The van der Waals surface area contributed by atoms with Crippen molar-refractivity contribution in [3.8, 4) is 0 Å². The molecular weight excluding hydrogens is 368 g/mol. The number of anilines is 1. The van der Waals surface area contributed by atoms with Gasteiger partial charge in [0.15, 0.2) is 0 Å². The molecule has 4 nitrogen and oxygen atoms in total. The number of hydrogen-bond donors (Lipinski definition) is 1. The molecule has 0 bridgehead atoms. The highest BCUT2D eigenvalue weighted by Gasteiger charge is 2.56. The van der Waals surface area contributed by atoms with Crippen LogP contribution in [0.4, 0.5) is 5.69 Å². The largest absolute Gasteiger partial charge is 0.324 e. The molecule has 0 unspecified atom stereocenters. The molecule has 3 aliphatic rings. The SMILES string of the molecule is Cc1ccc([C@]23CCC(=O)N2[C@@H](C(=O)Nc2ccc4c(c2)CCC4)CS3)cc1. The number of rotatable bonds is 3. The van der Waals surface area contributed by atoms with Crippen molar-refractivity contribution in [2.24, 2.45) is 0 Å². The van der Waals surface area contributed by atoms with Crippen LogP contribution in [0.2, 0.25) is 0 Å². The van der Waals surface area contributed by atoms with Crippen LogP contribution in [0.3, 0.4) is 0 Å². The minimum atomic E-state index is -0.422. The molecule has 2 aliphatic heterocycles. The molecule has 144 valence electrons. The first kappa shape index (κ1) is 17.8. The molecule has 2 aromatic rings. The number of aryl methyl sites for hydroxylation is 3. The Hall–Kier alpha value is -2.27. The smallest absolute Gasteiger partial charge is 0.248 e. The van der Waals surface area contributed by atoms with Gasteiger partial charge in [0.1, 0.15) is 10.9 Å². The third-order valence-corrected chi connectivity index (χ3v) is 7.90. The third-order valence-electron chi connectivity index (χ3n) is 6.30. The van der Waals surface area contributed by atoms with Crippen LogP contribution < -0.4 is 5.32 Å². The van der Waals surface area contributed by atoms with Gasteiger partial charge in [-0.1, -0.05) is 35.9 Å². The summed E-state index contributed by atoms with van der Waals surface area (Å²) in [7, 11) is 0. The quantitative estimate of drug-likeness (QED) is 0.859. The van der Waals surface area contributed by atoms with Gasteiger partial charge in [-0.05, 0) is 61.4 Å². The maximum absolute atomic E-state index is 13.1. The van der Waals surface area contributed by atoms with Crippen molar-refractivity contribution >= 4 is 29.3 Å². The number of amides is 2.